The molecule has 25 heavy (non-hydrogen) atoms. The third-order valence-electron chi connectivity index (χ3n) is 4.10. The molecule has 2 N–H and O–H groups in total. The lowest BCUT2D eigenvalue weighted by molar-refractivity contribution is -0.128. The van der Waals surface area contributed by atoms with E-state index < -0.39 is 0 Å². The molecule has 0 saturated carbocycles. The van der Waals surface area contributed by atoms with Gasteiger partial charge in [-0.3, -0.25) is 4.79 Å². The van der Waals surface area contributed by atoms with Crippen LogP contribution in [0.15, 0.2) is 24.3 Å². The molecule has 0 aliphatic rings. The molecule has 0 aliphatic carbocycles. The summed E-state index contributed by atoms with van der Waals surface area (Å²) in [7, 11) is 0. The first-order valence-corrected chi connectivity index (χ1v) is 10.6. The molecule has 0 aliphatic heterocycles. The second-order valence-electron chi connectivity index (χ2n) is 5.80. The Balaban J connectivity index is 1.80. The van der Waals surface area contributed by atoms with Gasteiger partial charge in [-0.05, 0) is 62.2 Å². The van der Waals surface area contributed by atoms with Crippen LogP contribution in [-0.4, -0.2) is 19.6 Å². The summed E-state index contributed by atoms with van der Waals surface area (Å²) in [6, 6.07) is 8.92. The monoisotopic (exact) mass is 391 g/mol. The number of carbonyl (C=O) groups excluding carboxylic acids is 1. The Morgan fingerprint density at radius 2 is 1.48 bits per heavy atom. The van der Waals surface area contributed by atoms with Crippen LogP contribution < -0.4 is 5.73 Å². The van der Waals surface area contributed by atoms with Gasteiger partial charge in [-0.1, -0.05) is 0 Å². The van der Waals surface area contributed by atoms with Crippen LogP contribution in [0.4, 0.5) is 0 Å². The van der Waals surface area contributed by atoms with E-state index in [-0.39, 0.29) is 0 Å². The summed E-state index contributed by atoms with van der Waals surface area (Å²) in [6.07, 6.45) is 1.71. The van der Waals surface area contributed by atoms with Crippen LogP contribution in [0.1, 0.15) is 20.9 Å². The molecule has 3 aromatic rings. The molecule has 132 valence electrons. The van der Waals surface area contributed by atoms with Gasteiger partial charge >= 0.3 is 0 Å². The summed E-state index contributed by atoms with van der Waals surface area (Å²) in [5.74, 6) is 0. The van der Waals surface area contributed by atoms with Crippen LogP contribution in [0.25, 0.3) is 19.5 Å². The zero-order valence-corrected chi connectivity index (χ0v) is 16.8. The fourth-order valence-corrected chi connectivity index (χ4v) is 6.07. The van der Waals surface area contributed by atoms with Crippen LogP contribution in [-0.2, 0) is 22.4 Å². The van der Waals surface area contributed by atoms with Crippen molar-refractivity contribution in [2.24, 2.45) is 5.73 Å². The number of nitrogens with two attached hydrogens (primary N) is 1. The van der Waals surface area contributed by atoms with E-state index in [1.54, 1.807) is 11.3 Å². The van der Waals surface area contributed by atoms with Crippen LogP contribution in [0.3, 0.4) is 0 Å². The highest BCUT2D eigenvalue weighted by atomic mass is 32.1. The minimum absolute atomic E-state index is 0.439. The summed E-state index contributed by atoms with van der Waals surface area (Å²) in [4.78, 5) is 18.1. The van der Waals surface area contributed by atoms with E-state index in [1.807, 2.05) is 22.7 Å². The van der Waals surface area contributed by atoms with E-state index in [0.29, 0.717) is 19.6 Å². The van der Waals surface area contributed by atoms with Crippen molar-refractivity contribution in [2.75, 3.05) is 13.2 Å². The van der Waals surface area contributed by atoms with E-state index in [9.17, 15) is 4.79 Å². The van der Waals surface area contributed by atoms with Gasteiger partial charge in [-0.2, -0.15) is 0 Å². The van der Waals surface area contributed by atoms with Gasteiger partial charge in [0.15, 0.2) is 0 Å². The van der Waals surface area contributed by atoms with Crippen LogP contribution in [0, 0.1) is 13.8 Å². The maximum absolute atomic E-state index is 10.3. The standard InChI is InChI=1S/C19H21NO2S3/c1-12-14(5-7-20)9-18(23-12)16-3-4-17(25-16)19-10-15(13(2)24-19)6-8-22-11-21/h3-4,9-11H,5-8,20H2,1-2H3. The van der Waals surface area contributed by atoms with Crippen molar-refractivity contribution >= 4 is 40.5 Å². The number of ether oxygens (including phenoxy) is 1. The second-order valence-corrected chi connectivity index (χ2v) is 9.40. The van der Waals surface area contributed by atoms with Crippen LogP contribution in [0.5, 0.6) is 0 Å². The maximum atomic E-state index is 10.3. The third kappa shape index (κ3) is 4.20. The van der Waals surface area contributed by atoms with Gasteiger partial charge in [0.05, 0.1) is 6.61 Å². The molecule has 0 aromatic carbocycles. The summed E-state index contributed by atoms with van der Waals surface area (Å²) >= 11 is 5.48. The summed E-state index contributed by atoms with van der Waals surface area (Å²) in [6.45, 7) is 5.94. The minimum atomic E-state index is 0.439. The van der Waals surface area contributed by atoms with Gasteiger partial charge in [0.25, 0.3) is 6.47 Å². The molecule has 0 radical (unpaired) electrons. The average molecular weight is 392 g/mol. The smallest absolute Gasteiger partial charge is 0.293 e. The third-order valence-corrected chi connectivity index (χ3v) is 7.77. The van der Waals surface area contributed by atoms with E-state index >= 15 is 0 Å². The van der Waals surface area contributed by atoms with E-state index in [4.69, 9.17) is 10.5 Å². The van der Waals surface area contributed by atoms with Crippen LogP contribution in [0.2, 0.25) is 0 Å². The largest absolute Gasteiger partial charge is 0.468 e. The lowest BCUT2D eigenvalue weighted by Gasteiger charge is -1.97. The molecular formula is C19H21NO2S3. The molecule has 0 bridgehead atoms. The topological polar surface area (TPSA) is 52.3 Å². The Kier molecular flexibility index (Phi) is 6.06. The SMILES string of the molecule is Cc1sc(-c2ccc(-c3cc(CCOC=O)c(C)s3)s2)cc1CCN. The lowest BCUT2D eigenvalue weighted by atomic mass is 10.2. The number of thiophene rings is 3. The van der Waals surface area contributed by atoms with Gasteiger partial charge < -0.3 is 10.5 Å². The fourth-order valence-electron chi connectivity index (χ4n) is 2.75. The predicted molar refractivity (Wildman–Crippen MR) is 109 cm³/mol. The highest BCUT2D eigenvalue weighted by molar-refractivity contribution is 7.26. The number of hydrogen-bond acceptors (Lipinski definition) is 6. The van der Waals surface area contributed by atoms with Gasteiger partial charge in [-0.15, -0.1) is 34.0 Å². The van der Waals surface area contributed by atoms with Crippen molar-refractivity contribution in [3.63, 3.8) is 0 Å². The predicted octanol–water partition coefficient (Wildman–Crippen LogP) is 5.04. The first-order valence-electron chi connectivity index (χ1n) is 8.17. The highest BCUT2D eigenvalue weighted by Crippen LogP contribution is 2.41. The maximum Gasteiger partial charge on any atom is 0.293 e. The highest BCUT2D eigenvalue weighted by Gasteiger charge is 2.13. The van der Waals surface area contributed by atoms with Crippen molar-refractivity contribution in [3.05, 3.63) is 45.1 Å². The van der Waals surface area contributed by atoms with Gasteiger partial charge in [0.2, 0.25) is 0 Å². The summed E-state index contributed by atoms with van der Waals surface area (Å²) < 4.78 is 4.82. The van der Waals surface area contributed by atoms with Gasteiger partial charge in [-0.25, -0.2) is 0 Å². The van der Waals surface area contributed by atoms with Crippen molar-refractivity contribution in [3.8, 4) is 19.5 Å². The Bertz CT molecular complexity index is 860. The van der Waals surface area contributed by atoms with Crippen molar-refractivity contribution in [1.29, 1.82) is 0 Å². The second kappa shape index (κ2) is 8.27. The number of carbonyl (C=O) groups is 1. The molecule has 3 rings (SSSR count). The van der Waals surface area contributed by atoms with E-state index in [1.165, 1.54) is 40.4 Å². The fraction of sp³-hybridized carbons (Fsp3) is 0.316. The molecule has 0 fully saturated rings. The zero-order valence-electron chi connectivity index (χ0n) is 14.3. The van der Waals surface area contributed by atoms with E-state index in [2.05, 4.69) is 38.1 Å². The molecule has 3 aromatic heterocycles. The summed E-state index contributed by atoms with van der Waals surface area (Å²) in [5, 5.41) is 0. The van der Waals surface area contributed by atoms with E-state index in [0.717, 1.165) is 12.8 Å². The molecule has 6 heteroatoms. The Morgan fingerprint density at radius 3 is 2.00 bits per heavy atom. The molecule has 0 spiro atoms. The molecule has 0 saturated heterocycles. The quantitative estimate of drug-likeness (QED) is 0.432. The van der Waals surface area contributed by atoms with Gasteiger partial charge in [0, 0.05) is 35.7 Å². The zero-order chi connectivity index (χ0) is 17.8. The first kappa shape index (κ1) is 18.3. The van der Waals surface area contributed by atoms with Crippen LogP contribution >= 0.6 is 34.0 Å². The first-order chi connectivity index (χ1) is 12.1. The molecule has 3 nitrogen and oxygen atoms in total. The number of hydrogen-bond donors (Lipinski definition) is 1. The average Bonchev–Trinajstić information content (AvgIpc) is 3.28. The minimum Gasteiger partial charge on any atom is -0.468 e. The van der Waals surface area contributed by atoms with Crippen molar-refractivity contribution in [2.45, 2.75) is 26.7 Å². The summed E-state index contributed by atoms with van der Waals surface area (Å²) in [5.41, 5.74) is 8.32. The Hall–Kier alpha value is -1.47. The number of aryl methyl sites for hydroxylation is 2. The molecule has 0 atom stereocenters. The van der Waals surface area contributed by atoms with Gasteiger partial charge in [0.1, 0.15) is 0 Å². The van der Waals surface area contributed by atoms with Crippen molar-refractivity contribution in [1.82, 2.24) is 0 Å². The normalized spacial score (nSPS) is 11.0. The Labute approximate surface area is 160 Å². The lowest BCUT2D eigenvalue weighted by Crippen LogP contribution is -2.02. The Morgan fingerprint density at radius 1 is 0.920 bits per heavy atom. The van der Waals surface area contributed by atoms with Crippen molar-refractivity contribution < 1.29 is 9.53 Å². The molecule has 0 amide bonds. The molecule has 3 heterocycles. The molecule has 0 unspecified atom stereocenters. The number of rotatable bonds is 8. The molecular weight excluding hydrogens is 370 g/mol.